The lowest BCUT2D eigenvalue weighted by Gasteiger charge is -2.12. The number of hydrogen-bond donors (Lipinski definition) is 1. The van der Waals surface area contributed by atoms with Gasteiger partial charge in [-0.15, -0.1) is 0 Å². The zero-order chi connectivity index (χ0) is 11.6. The molecule has 0 aromatic rings. The zero-order valence-corrected chi connectivity index (χ0v) is 11.7. The van der Waals surface area contributed by atoms with E-state index < -0.39 is 0 Å². The molecule has 1 heterocycles. The molecule has 96 valence electrons. The molecule has 0 spiro atoms. The molecule has 0 amide bonds. The van der Waals surface area contributed by atoms with E-state index in [9.17, 15) is 0 Å². The average molecular weight is 245 g/mol. The molecule has 1 aliphatic heterocycles. The number of thioether (sulfide) groups is 1. The van der Waals surface area contributed by atoms with Gasteiger partial charge >= 0.3 is 0 Å². The smallest absolute Gasteiger partial charge is 0.0666 e. The van der Waals surface area contributed by atoms with Crippen LogP contribution in [-0.4, -0.2) is 36.8 Å². The number of unbranched alkanes of at least 4 members (excludes halogenated alkanes) is 1. The van der Waals surface area contributed by atoms with Crippen LogP contribution in [0.25, 0.3) is 0 Å². The van der Waals surface area contributed by atoms with Gasteiger partial charge in [0, 0.05) is 18.4 Å². The van der Waals surface area contributed by atoms with E-state index in [1.807, 2.05) is 0 Å². The molecular weight excluding hydrogens is 218 g/mol. The van der Waals surface area contributed by atoms with E-state index in [0.29, 0.717) is 12.1 Å². The largest absolute Gasteiger partial charge is 0.377 e. The van der Waals surface area contributed by atoms with Gasteiger partial charge in [0.2, 0.25) is 0 Å². The van der Waals surface area contributed by atoms with Gasteiger partial charge in [-0.1, -0.05) is 13.3 Å². The predicted molar refractivity (Wildman–Crippen MR) is 73.3 cm³/mol. The molecule has 1 saturated heterocycles. The Morgan fingerprint density at radius 1 is 1.44 bits per heavy atom. The molecule has 2 atom stereocenters. The van der Waals surface area contributed by atoms with Crippen LogP contribution in [0.3, 0.4) is 0 Å². The summed E-state index contributed by atoms with van der Waals surface area (Å²) in [6.45, 7) is 6.54. The molecule has 16 heavy (non-hydrogen) atoms. The van der Waals surface area contributed by atoms with Crippen molar-refractivity contribution in [3.63, 3.8) is 0 Å². The van der Waals surface area contributed by atoms with Crippen molar-refractivity contribution < 1.29 is 4.74 Å². The van der Waals surface area contributed by atoms with Crippen molar-refractivity contribution in [2.24, 2.45) is 0 Å². The Balaban J connectivity index is 1.80. The summed E-state index contributed by atoms with van der Waals surface area (Å²) in [5.41, 5.74) is 0. The molecule has 3 heteroatoms. The summed E-state index contributed by atoms with van der Waals surface area (Å²) in [7, 11) is 0. The lowest BCUT2D eigenvalue weighted by atomic mass is 10.1. The quantitative estimate of drug-likeness (QED) is 0.631. The summed E-state index contributed by atoms with van der Waals surface area (Å²) in [6, 6.07) is 0.688. The van der Waals surface area contributed by atoms with Gasteiger partial charge in [-0.3, -0.25) is 0 Å². The summed E-state index contributed by atoms with van der Waals surface area (Å²) in [6.07, 6.45) is 7.13. The van der Waals surface area contributed by atoms with E-state index in [0.717, 1.165) is 13.2 Å². The minimum absolute atomic E-state index is 0.561. The Hall–Kier alpha value is 0.270. The normalized spacial score (nSPS) is 22.5. The van der Waals surface area contributed by atoms with Crippen molar-refractivity contribution in [3.05, 3.63) is 0 Å². The molecule has 0 aromatic heterocycles. The molecule has 2 unspecified atom stereocenters. The third-order valence-electron chi connectivity index (χ3n) is 3.06. The fourth-order valence-corrected chi connectivity index (χ4v) is 3.20. The second-order valence-electron chi connectivity index (χ2n) is 4.66. The highest BCUT2D eigenvalue weighted by Crippen LogP contribution is 2.18. The third-order valence-corrected chi connectivity index (χ3v) is 4.24. The van der Waals surface area contributed by atoms with Gasteiger partial charge in [0.15, 0.2) is 0 Å². The average Bonchev–Trinajstić information content (AvgIpc) is 2.76. The summed E-state index contributed by atoms with van der Waals surface area (Å²) < 4.78 is 5.60. The minimum atomic E-state index is 0.561. The predicted octanol–water partition coefficient (Wildman–Crippen LogP) is 3.07. The highest BCUT2D eigenvalue weighted by Gasteiger charge is 2.14. The van der Waals surface area contributed by atoms with Crippen LogP contribution < -0.4 is 5.32 Å². The first-order valence-corrected chi connectivity index (χ1v) is 7.91. The summed E-state index contributed by atoms with van der Waals surface area (Å²) in [5, 5.41) is 3.45. The van der Waals surface area contributed by atoms with Crippen LogP contribution in [0.5, 0.6) is 0 Å². The van der Waals surface area contributed by atoms with Crippen LogP contribution in [0.15, 0.2) is 0 Å². The fourth-order valence-electron chi connectivity index (χ4n) is 2.10. The van der Waals surface area contributed by atoms with Gasteiger partial charge < -0.3 is 10.1 Å². The molecule has 0 bridgehead atoms. The zero-order valence-electron chi connectivity index (χ0n) is 10.8. The maximum absolute atomic E-state index is 5.60. The van der Waals surface area contributed by atoms with Crippen LogP contribution >= 0.6 is 11.8 Å². The Morgan fingerprint density at radius 2 is 2.31 bits per heavy atom. The van der Waals surface area contributed by atoms with Crippen LogP contribution in [0, 0.1) is 0 Å². The van der Waals surface area contributed by atoms with Gasteiger partial charge in [0.25, 0.3) is 0 Å². The highest BCUT2D eigenvalue weighted by molar-refractivity contribution is 7.99. The topological polar surface area (TPSA) is 21.3 Å². The number of rotatable bonds is 9. The molecule has 0 aliphatic carbocycles. The van der Waals surface area contributed by atoms with E-state index in [2.05, 4.69) is 30.9 Å². The lowest BCUT2D eigenvalue weighted by Crippen LogP contribution is -2.25. The summed E-state index contributed by atoms with van der Waals surface area (Å²) >= 11 is 2.07. The Bertz CT molecular complexity index is 160. The molecular formula is C13H27NOS. The first-order valence-electron chi connectivity index (χ1n) is 6.75. The van der Waals surface area contributed by atoms with E-state index in [4.69, 9.17) is 4.74 Å². The van der Waals surface area contributed by atoms with Crippen LogP contribution in [0.2, 0.25) is 0 Å². The van der Waals surface area contributed by atoms with Gasteiger partial charge in [-0.05, 0) is 44.9 Å². The van der Waals surface area contributed by atoms with Crippen molar-refractivity contribution >= 4 is 11.8 Å². The maximum atomic E-state index is 5.60. The number of nitrogens with one attached hydrogen (secondary N) is 1. The number of hydrogen-bond acceptors (Lipinski definition) is 3. The van der Waals surface area contributed by atoms with Gasteiger partial charge in [-0.2, -0.15) is 11.8 Å². The summed E-state index contributed by atoms with van der Waals surface area (Å²) in [5.74, 6) is 2.52. The van der Waals surface area contributed by atoms with Crippen LogP contribution in [-0.2, 0) is 4.74 Å². The summed E-state index contributed by atoms with van der Waals surface area (Å²) in [4.78, 5) is 0. The van der Waals surface area contributed by atoms with Crippen molar-refractivity contribution in [1.29, 1.82) is 0 Å². The van der Waals surface area contributed by atoms with Crippen molar-refractivity contribution in [2.45, 2.75) is 58.1 Å². The van der Waals surface area contributed by atoms with Crippen LogP contribution in [0.4, 0.5) is 0 Å². The molecule has 0 aromatic carbocycles. The second-order valence-corrected chi connectivity index (χ2v) is 5.81. The Kier molecular flexibility index (Phi) is 8.34. The maximum Gasteiger partial charge on any atom is 0.0666 e. The van der Waals surface area contributed by atoms with Crippen molar-refractivity contribution in [1.82, 2.24) is 5.32 Å². The molecule has 0 radical (unpaired) electrons. The molecule has 2 nitrogen and oxygen atoms in total. The number of ether oxygens (including phenoxy) is 1. The molecule has 1 rings (SSSR count). The van der Waals surface area contributed by atoms with E-state index in [1.54, 1.807) is 0 Å². The molecule has 1 aliphatic rings. The Morgan fingerprint density at radius 3 is 3.00 bits per heavy atom. The Labute approximate surface area is 105 Å². The molecule has 1 N–H and O–H groups in total. The van der Waals surface area contributed by atoms with Gasteiger partial charge in [0.1, 0.15) is 0 Å². The lowest BCUT2D eigenvalue weighted by molar-refractivity contribution is 0.129. The van der Waals surface area contributed by atoms with Gasteiger partial charge in [-0.25, -0.2) is 0 Å². The van der Waals surface area contributed by atoms with Gasteiger partial charge in [0.05, 0.1) is 6.10 Å². The molecule has 0 saturated carbocycles. The standard InChI is InChI=1S/C13H27NOS/c1-3-14-12(2)7-4-5-10-16-11-13-8-6-9-15-13/h12-14H,3-11H2,1-2H3. The van der Waals surface area contributed by atoms with E-state index in [1.165, 1.54) is 43.6 Å². The van der Waals surface area contributed by atoms with E-state index >= 15 is 0 Å². The minimum Gasteiger partial charge on any atom is -0.377 e. The van der Waals surface area contributed by atoms with Crippen molar-refractivity contribution in [2.75, 3.05) is 24.7 Å². The second kappa shape index (κ2) is 9.32. The fraction of sp³-hybridized carbons (Fsp3) is 1.00. The van der Waals surface area contributed by atoms with Crippen LogP contribution in [0.1, 0.15) is 46.0 Å². The van der Waals surface area contributed by atoms with E-state index in [-0.39, 0.29) is 0 Å². The first-order chi connectivity index (χ1) is 7.83. The first kappa shape index (κ1) is 14.3. The SMILES string of the molecule is CCNC(C)CCCCSCC1CCCO1. The molecule has 1 fully saturated rings. The third kappa shape index (κ3) is 6.77. The monoisotopic (exact) mass is 245 g/mol. The highest BCUT2D eigenvalue weighted by atomic mass is 32.2. The van der Waals surface area contributed by atoms with Crippen molar-refractivity contribution in [3.8, 4) is 0 Å².